The Labute approximate surface area is 142 Å². The highest BCUT2D eigenvalue weighted by atomic mass is 16.5. The Morgan fingerprint density at radius 1 is 1.12 bits per heavy atom. The van der Waals surface area contributed by atoms with Crippen LogP contribution in [0.25, 0.3) is 0 Å². The highest BCUT2D eigenvalue weighted by Crippen LogP contribution is 2.35. The fourth-order valence-electron chi connectivity index (χ4n) is 3.59. The molecule has 1 aromatic rings. The Kier molecular flexibility index (Phi) is 5.48. The lowest BCUT2D eigenvalue weighted by molar-refractivity contribution is -0.147. The van der Waals surface area contributed by atoms with E-state index in [0.717, 1.165) is 18.4 Å². The number of primary amides is 1. The van der Waals surface area contributed by atoms with Crippen LogP contribution in [-0.2, 0) is 14.3 Å². The molecular weight excluding hydrogens is 306 g/mol. The van der Waals surface area contributed by atoms with E-state index >= 15 is 0 Å². The van der Waals surface area contributed by atoms with Crippen LogP contribution >= 0.6 is 0 Å². The summed E-state index contributed by atoms with van der Waals surface area (Å²) >= 11 is 0. The van der Waals surface area contributed by atoms with E-state index in [0.29, 0.717) is 32.8 Å². The quantitative estimate of drug-likeness (QED) is 0.885. The highest BCUT2D eigenvalue weighted by Gasteiger charge is 2.36. The molecule has 0 bridgehead atoms. The number of ether oxygens (including phenoxy) is 1. The van der Waals surface area contributed by atoms with Crippen LogP contribution in [0.5, 0.6) is 0 Å². The predicted molar refractivity (Wildman–Crippen MR) is 90.1 cm³/mol. The topological polar surface area (TPSA) is 75.9 Å². The largest absolute Gasteiger partial charge is 0.373 e. The first-order chi connectivity index (χ1) is 11.6. The van der Waals surface area contributed by atoms with E-state index < -0.39 is 0 Å². The van der Waals surface area contributed by atoms with E-state index in [-0.39, 0.29) is 30.4 Å². The summed E-state index contributed by atoms with van der Waals surface area (Å²) in [5, 5.41) is 0. The molecule has 2 amide bonds. The van der Waals surface area contributed by atoms with Gasteiger partial charge in [0.15, 0.2) is 0 Å². The molecule has 2 fully saturated rings. The van der Waals surface area contributed by atoms with Gasteiger partial charge in [-0.2, -0.15) is 0 Å². The second-order valence-electron chi connectivity index (χ2n) is 6.52. The summed E-state index contributed by atoms with van der Waals surface area (Å²) in [5.74, 6) is -0.272. The van der Waals surface area contributed by atoms with Crippen molar-refractivity contribution in [3.63, 3.8) is 0 Å². The minimum Gasteiger partial charge on any atom is -0.373 e. The Bertz CT molecular complexity index is 570. The van der Waals surface area contributed by atoms with Crippen LogP contribution in [0.2, 0.25) is 0 Å². The van der Waals surface area contributed by atoms with Gasteiger partial charge in [0.25, 0.3) is 0 Å². The highest BCUT2D eigenvalue weighted by molar-refractivity contribution is 5.80. The van der Waals surface area contributed by atoms with Gasteiger partial charge < -0.3 is 15.4 Å². The van der Waals surface area contributed by atoms with Gasteiger partial charge in [0, 0.05) is 32.8 Å². The zero-order valence-corrected chi connectivity index (χ0v) is 13.9. The van der Waals surface area contributed by atoms with Crippen molar-refractivity contribution in [1.29, 1.82) is 0 Å². The first kappa shape index (κ1) is 16.9. The molecule has 2 atom stereocenters. The lowest BCUT2D eigenvalue weighted by atomic mass is 9.88. The molecule has 24 heavy (non-hydrogen) atoms. The van der Waals surface area contributed by atoms with Crippen molar-refractivity contribution in [2.75, 3.05) is 39.3 Å². The number of carbonyl (C=O) groups excluding carboxylic acids is 2. The smallest absolute Gasteiger partial charge is 0.231 e. The SMILES string of the molecule is NC(=O)CN1CCN(C(=O)[C@H]2CCCO[C@@H]2c2ccccc2)CC1. The molecule has 130 valence electrons. The molecule has 3 rings (SSSR count). The van der Waals surface area contributed by atoms with Gasteiger partial charge in [0.05, 0.1) is 18.6 Å². The van der Waals surface area contributed by atoms with Crippen molar-refractivity contribution in [3.8, 4) is 0 Å². The third kappa shape index (κ3) is 3.94. The first-order valence-corrected chi connectivity index (χ1v) is 8.61. The number of benzene rings is 1. The Hall–Kier alpha value is -1.92. The maximum atomic E-state index is 13.0. The lowest BCUT2D eigenvalue weighted by Gasteiger charge is -2.39. The Morgan fingerprint density at radius 3 is 2.50 bits per heavy atom. The summed E-state index contributed by atoms with van der Waals surface area (Å²) in [7, 11) is 0. The molecule has 6 nitrogen and oxygen atoms in total. The molecule has 0 saturated carbocycles. The van der Waals surface area contributed by atoms with Gasteiger partial charge in [-0.1, -0.05) is 30.3 Å². The molecule has 2 heterocycles. The van der Waals surface area contributed by atoms with Crippen molar-refractivity contribution < 1.29 is 14.3 Å². The monoisotopic (exact) mass is 331 g/mol. The van der Waals surface area contributed by atoms with Crippen molar-refractivity contribution in [2.45, 2.75) is 18.9 Å². The molecule has 2 aliphatic rings. The lowest BCUT2D eigenvalue weighted by Crippen LogP contribution is -2.52. The maximum Gasteiger partial charge on any atom is 0.231 e. The number of rotatable bonds is 4. The first-order valence-electron chi connectivity index (χ1n) is 8.61. The van der Waals surface area contributed by atoms with Gasteiger partial charge in [-0.05, 0) is 18.4 Å². The van der Waals surface area contributed by atoms with Crippen LogP contribution in [-0.4, -0.2) is 60.9 Å². The van der Waals surface area contributed by atoms with E-state index in [2.05, 4.69) is 0 Å². The number of hydrogen-bond donors (Lipinski definition) is 1. The molecule has 2 saturated heterocycles. The summed E-state index contributed by atoms with van der Waals surface area (Å²) < 4.78 is 5.94. The summed E-state index contributed by atoms with van der Waals surface area (Å²) in [6, 6.07) is 10.00. The molecular formula is C18H25N3O3. The second-order valence-corrected chi connectivity index (χ2v) is 6.52. The van der Waals surface area contributed by atoms with Crippen molar-refractivity contribution in [3.05, 3.63) is 35.9 Å². The number of nitrogens with zero attached hydrogens (tertiary/aromatic N) is 2. The molecule has 6 heteroatoms. The zero-order valence-electron chi connectivity index (χ0n) is 13.9. The second kappa shape index (κ2) is 7.77. The molecule has 2 N–H and O–H groups in total. The molecule has 0 aliphatic carbocycles. The minimum absolute atomic E-state index is 0.121. The average molecular weight is 331 g/mol. The fourth-order valence-corrected chi connectivity index (χ4v) is 3.59. The van der Waals surface area contributed by atoms with Crippen LogP contribution in [0.3, 0.4) is 0 Å². The van der Waals surface area contributed by atoms with Crippen LogP contribution in [0.4, 0.5) is 0 Å². The van der Waals surface area contributed by atoms with Crippen LogP contribution in [0, 0.1) is 5.92 Å². The van der Waals surface area contributed by atoms with E-state index in [4.69, 9.17) is 10.5 Å². The number of carbonyl (C=O) groups is 2. The van der Waals surface area contributed by atoms with E-state index in [1.165, 1.54) is 0 Å². The van der Waals surface area contributed by atoms with Crippen LogP contribution in [0.1, 0.15) is 24.5 Å². The minimum atomic E-state index is -0.320. The van der Waals surface area contributed by atoms with Crippen LogP contribution < -0.4 is 5.73 Å². The molecule has 0 radical (unpaired) electrons. The predicted octanol–water partition coefficient (Wildman–Crippen LogP) is 0.784. The number of piperazine rings is 1. The molecule has 0 spiro atoms. The Balaban J connectivity index is 1.64. The Morgan fingerprint density at radius 2 is 1.83 bits per heavy atom. The van der Waals surface area contributed by atoms with Crippen molar-refractivity contribution in [1.82, 2.24) is 9.80 Å². The normalized spacial score (nSPS) is 25.4. The van der Waals surface area contributed by atoms with Crippen molar-refractivity contribution >= 4 is 11.8 Å². The van der Waals surface area contributed by atoms with E-state index in [9.17, 15) is 9.59 Å². The van der Waals surface area contributed by atoms with Gasteiger partial charge >= 0.3 is 0 Å². The maximum absolute atomic E-state index is 13.0. The number of hydrogen-bond acceptors (Lipinski definition) is 4. The van der Waals surface area contributed by atoms with Gasteiger partial charge in [-0.15, -0.1) is 0 Å². The van der Waals surface area contributed by atoms with E-state index in [1.54, 1.807) is 0 Å². The molecule has 0 unspecified atom stereocenters. The molecule has 1 aromatic carbocycles. The van der Waals surface area contributed by atoms with Gasteiger partial charge in [0.1, 0.15) is 0 Å². The van der Waals surface area contributed by atoms with Crippen molar-refractivity contribution in [2.24, 2.45) is 11.7 Å². The summed E-state index contributed by atoms with van der Waals surface area (Å²) in [5.41, 5.74) is 6.31. The third-order valence-electron chi connectivity index (χ3n) is 4.83. The number of nitrogens with two attached hydrogens (primary N) is 1. The fraction of sp³-hybridized carbons (Fsp3) is 0.556. The van der Waals surface area contributed by atoms with Gasteiger partial charge in [0.2, 0.25) is 11.8 Å². The zero-order chi connectivity index (χ0) is 16.9. The summed E-state index contributed by atoms with van der Waals surface area (Å²) in [4.78, 5) is 27.9. The molecule has 0 aromatic heterocycles. The standard InChI is InChI=1S/C18H25N3O3/c19-16(22)13-20-8-10-21(11-9-20)18(23)15-7-4-12-24-17(15)14-5-2-1-3-6-14/h1-3,5-6,15,17H,4,7-13H2,(H2,19,22)/t15-,17+/m0/s1. The van der Waals surface area contributed by atoms with Gasteiger partial charge in [-0.25, -0.2) is 0 Å². The third-order valence-corrected chi connectivity index (χ3v) is 4.83. The van der Waals surface area contributed by atoms with Crippen LogP contribution in [0.15, 0.2) is 30.3 Å². The van der Waals surface area contributed by atoms with Gasteiger partial charge in [-0.3, -0.25) is 14.5 Å². The molecule has 2 aliphatic heterocycles. The summed E-state index contributed by atoms with van der Waals surface area (Å²) in [6.07, 6.45) is 1.62. The average Bonchev–Trinajstić information content (AvgIpc) is 2.62. The summed E-state index contributed by atoms with van der Waals surface area (Å²) in [6.45, 7) is 3.64. The van der Waals surface area contributed by atoms with E-state index in [1.807, 2.05) is 40.1 Å². The number of amides is 2.